The first-order valence-corrected chi connectivity index (χ1v) is 6.77. The maximum atomic E-state index is 12.0. The van der Waals surface area contributed by atoms with E-state index >= 15 is 0 Å². The molecule has 0 radical (unpaired) electrons. The van der Waals surface area contributed by atoms with Gasteiger partial charge in [0.15, 0.2) is 0 Å². The lowest BCUT2D eigenvalue weighted by Crippen LogP contribution is -2.38. The predicted molar refractivity (Wildman–Crippen MR) is 69.8 cm³/mol. The maximum absolute atomic E-state index is 12.0. The van der Waals surface area contributed by atoms with Crippen molar-refractivity contribution in [1.82, 2.24) is 9.80 Å². The smallest absolute Gasteiger partial charge is 0.236 e. The van der Waals surface area contributed by atoms with Crippen molar-refractivity contribution in [2.24, 2.45) is 5.73 Å². The van der Waals surface area contributed by atoms with Gasteiger partial charge >= 0.3 is 0 Å². The summed E-state index contributed by atoms with van der Waals surface area (Å²) in [6, 6.07) is 4.31. The van der Waals surface area contributed by atoms with E-state index in [2.05, 4.69) is 11.0 Å². The van der Waals surface area contributed by atoms with E-state index in [1.165, 1.54) is 4.88 Å². The van der Waals surface area contributed by atoms with Crippen molar-refractivity contribution in [3.05, 3.63) is 22.4 Å². The average Bonchev–Trinajstić information content (AvgIpc) is 2.90. The minimum Gasteiger partial charge on any atom is -0.340 e. The number of carbonyl (C=O) groups excluding carboxylic acids is 1. The molecule has 2 rings (SSSR count). The van der Waals surface area contributed by atoms with E-state index in [0.717, 1.165) is 19.5 Å². The zero-order chi connectivity index (χ0) is 12.3. The second-order valence-corrected chi connectivity index (χ2v) is 5.65. The molecule has 2 heterocycles. The van der Waals surface area contributed by atoms with Crippen LogP contribution in [0.3, 0.4) is 0 Å². The number of thiophene rings is 1. The van der Waals surface area contributed by atoms with Crippen LogP contribution in [-0.4, -0.2) is 48.4 Å². The van der Waals surface area contributed by atoms with Crippen molar-refractivity contribution in [3.63, 3.8) is 0 Å². The monoisotopic (exact) mass is 253 g/mol. The molecule has 0 aromatic carbocycles. The van der Waals surface area contributed by atoms with Gasteiger partial charge in [0.1, 0.15) is 0 Å². The van der Waals surface area contributed by atoms with E-state index in [1.807, 2.05) is 18.5 Å². The molecule has 0 bridgehead atoms. The van der Waals surface area contributed by atoms with Crippen molar-refractivity contribution in [2.75, 3.05) is 26.7 Å². The summed E-state index contributed by atoms with van der Waals surface area (Å²) in [5.74, 6) is 0.174. The molecule has 4 nitrogen and oxygen atoms in total. The van der Waals surface area contributed by atoms with Crippen LogP contribution in [0.4, 0.5) is 0 Å². The van der Waals surface area contributed by atoms with Gasteiger partial charge in [0.2, 0.25) is 5.91 Å². The number of amides is 1. The molecule has 1 aromatic rings. The Morgan fingerprint density at radius 2 is 2.53 bits per heavy atom. The molecule has 5 heteroatoms. The summed E-state index contributed by atoms with van der Waals surface area (Å²) in [7, 11) is 1.86. The highest BCUT2D eigenvalue weighted by Gasteiger charge is 2.22. The van der Waals surface area contributed by atoms with E-state index < -0.39 is 0 Å². The highest BCUT2D eigenvalue weighted by molar-refractivity contribution is 7.09. The number of hydrogen-bond acceptors (Lipinski definition) is 4. The largest absolute Gasteiger partial charge is 0.340 e. The molecule has 0 aliphatic carbocycles. The van der Waals surface area contributed by atoms with E-state index in [4.69, 9.17) is 5.73 Å². The summed E-state index contributed by atoms with van der Waals surface area (Å²) in [5, 5.41) is 2.03. The fraction of sp³-hybridized carbons (Fsp3) is 0.583. The Morgan fingerprint density at radius 3 is 3.12 bits per heavy atom. The molecule has 1 atom stereocenters. The quantitative estimate of drug-likeness (QED) is 0.861. The molecule has 0 saturated carbocycles. The first-order chi connectivity index (χ1) is 8.15. The second-order valence-electron chi connectivity index (χ2n) is 4.61. The van der Waals surface area contributed by atoms with E-state index in [9.17, 15) is 4.79 Å². The van der Waals surface area contributed by atoms with Crippen LogP contribution in [0.25, 0.3) is 0 Å². The third kappa shape index (κ3) is 3.52. The van der Waals surface area contributed by atoms with Crippen molar-refractivity contribution in [1.29, 1.82) is 0 Å². The molecule has 0 unspecified atom stereocenters. The van der Waals surface area contributed by atoms with Gasteiger partial charge in [-0.3, -0.25) is 9.69 Å². The molecule has 2 N–H and O–H groups in total. The molecule has 17 heavy (non-hydrogen) atoms. The Labute approximate surface area is 106 Å². The minimum atomic E-state index is 0.174. The van der Waals surface area contributed by atoms with Crippen LogP contribution < -0.4 is 5.73 Å². The lowest BCUT2D eigenvalue weighted by Gasteiger charge is -2.20. The molecule has 1 aliphatic rings. The van der Waals surface area contributed by atoms with E-state index in [-0.39, 0.29) is 11.9 Å². The standard InChI is InChI=1S/C12H19N3OS/c1-14(8-11-3-2-6-17-11)12(16)9-15-5-4-10(13)7-15/h2-3,6,10H,4-5,7-9,13H2,1H3/t10-/m1/s1. The number of nitrogens with zero attached hydrogens (tertiary/aromatic N) is 2. The summed E-state index contributed by atoms with van der Waals surface area (Å²) < 4.78 is 0. The fourth-order valence-corrected chi connectivity index (χ4v) is 2.80. The molecule has 1 aliphatic heterocycles. The summed E-state index contributed by atoms with van der Waals surface area (Å²) in [6.45, 7) is 2.99. The van der Waals surface area contributed by atoms with E-state index in [0.29, 0.717) is 13.1 Å². The molecule has 1 aromatic heterocycles. The minimum absolute atomic E-state index is 0.174. The molecular formula is C12H19N3OS. The highest BCUT2D eigenvalue weighted by atomic mass is 32.1. The van der Waals surface area contributed by atoms with Crippen LogP contribution in [-0.2, 0) is 11.3 Å². The van der Waals surface area contributed by atoms with Crippen LogP contribution in [0, 0.1) is 0 Å². The molecular weight excluding hydrogens is 234 g/mol. The lowest BCUT2D eigenvalue weighted by atomic mass is 10.3. The topological polar surface area (TPSA) is 49.6 Å². The number of nitrogens with two attached hydrogens (primary N) is 1. The van der Waals surface area contributed by atoms with Crippen molar-refractivity contribution < 1.29 is 4.79 Å². The summed E-state index contributed by atoms with van der Waals surface area (Å²) in [6.07, 6.45) is 1.00. The summed E-state index contributed by atoms with van der Waals surface area (Å²) in [4.78, 5) is 17.1. The Morgan fingerprint density at radius 1 is 1.71 bits per heavy atom. The van der Waals surface area contributed by atoms with Crippen LogP contribution in [0.5, 0.6) is 0 Å². The van der Waals surface area contributed by atoms with Crippen molar-refractivity contribution >= 4 is 17.2 Å². The zero-order valence-corrected chi connectivity index (χ0v) is 10.9. The van der Waals surface area contributed by atoms with Gasteiger partial charge in [0.05, 0.1) is 13.1 Å². The Bertz CT molecular complexity index is 366. The summed E-state index contributed by atoms with van der Waals surface area (Å²) >= 11 is 1.68. The van der Waals surface area contributed by atoms with Gasteiger partial charge in [-0.15, -0.1) is 11.3 Å². The van der Waals surface area contributed by atoms with Gasteiger partial charge in [0.25, 0.3) is 0 Å². The van der Waals surface area contributed by atoms with Crippen LogP contribution in [0.15, 0.2) is 17.5 Å². The van der Waals surface area contributed by atoms with Crippen LogP contribution in [0.1, 0.15) is 11.3 Å². The number of hydrogen-bond donors (Lipinski definition) is 1. The average molecular weight is 253 g/mol. The molecule has 1 fully saturated rings. The summed E-state index contributed by atoms with van der Waals surface area (Å²) in [5.41, 5.74) is 5.82. The Kier molecular flexibility index (Phi) is 4.15. The first-order valence-electron chi connectivity index (χ1n) is 5.89. The highest BCUT2D eigenvalue weighted by Crippen LogP contribution is 2.12. The Balaban J connectivity index is 1.79. The third-order valence-electron chi connectivity index (χ3n) is 3.07. The Hall–Kier alpha value is -0.910. The van der Waals surface area contributed by atoms with Gasteiger partial charge in [0, 0.05) is 31.1 Å². The number of likely N-dealkylation sites (N-methyl/N-ethyl adjacent to an activating group) is 1. The number of rotatable bonds is 4. The van der Waals surface area contributed by atoms with Crippen molar-refractivity contribution in [3.8, 4) is 0 Å². The molecule has 0 spiro atoms. The lowest BCUT2D eigenvalue weighted by molar-refractivity contribution is -0.131. The second kappa shape index (κ2) is 5.62. The van der Waals surface area contributed by atoms with Gasteiger partial charge < -0.3 is 10.6 Å². The van der Waals surface area contributed by atoms with Crippen LogP contribution >= 0.6 is 11.3 Å². The van der Waals surface area contributed by atoms with Gasteiger partial charge in [-0.1, -0.05) is 6.07 Å². The van der Waals surface area contributed by atoms with Gasteiger partial charge in [-0.05, 0) is 17.9 Å². The normalized spacial score (nSPS) is 20.7. The maximum Gasteiger partial charge on any atom is 0.236 e. The number of likely N-dealkylation sites (tertiary alicyclic amines) is 1. The third-order valence-corrected chi connectivity index (χ3v) is 3.93. The zero-order valence-electron chi connectivity index (χ0n) is 10.1. The number of carbonyl (C=O) groups is 1. The van der Waals surface area contributed by atoms with Crippen molar-refractivity contribution in [2.45, 2.75) is 19.0 Å². The van der Waals surface area contributed by atoms with Crippen LogP contribution in [0.2, 0.25) is 0 Å². The first kappa shape index (κ1) is 12.5. The fourth-order valence-electron chi connectivity index (χ4n) is 2.04. The predicted octanol–water partition coefficient (Wildman–Crippen LogP) is 0.740. The van der Waals surface area contributed by atoms with Gasteiger partial charge in [-0.2, -0.15) is 0 Å². The van der Waals surface area contributed by atoms with E-state index in [1.54, 1.807) is 16.2 Å². The van der Waals surface area contributed by atoms with Gasteiger partial charge in [-0.25, -0.2) is 0 Å². The molecule has 94 valence electrons. The SMILES string of the molecule is CN(Cc1cccs1)C(=O)CN1CC[C@@H](N)C1. The molecule has 1 saturated heterocycles. The molecule has 1 amide bonds.